The van der Waals surface area contributed by atoms with Crippen LogP contribution < -0.4 is 10.6 Å². The molecule has 0 spiro atoms. The zero-order valence-electron chi connectivity index (χ0n) is 19.2. The molecule has 5 nitrogen and oxygen atoms in total. The maximum Gasteiger partial charge on any atom is 0.332 e. The molecule has 1 fully saturated rings. The third-order valence-electron chi connectivity index (χ3n) is 6.32. The van der Waals surface area contributed by atoms with Gasteiger partial charge >= 0.3 is 5.69 Å². The van der Waals surface area contributed by atoms with Gasteiger partial charge in [-0.15, -0.1) is 0 Å². The zero-order chi connectivity index (χ0) is 22.0. The molecule has 1 aromatic heterocycles. The molecular weight excluding hydrogens is 384 g/mol. The van der Waals surface area contributed by atoms with Crippen LogP contribution in [0, 0.1) is 0 Å². The number of likely N-dealkylation sites (N-methyl/N-ethyl adjacent to an activating group) is 1. The highest BCUT2D eigenvalue weighted by Crippen LogP contribution is 2.24. The minimum absolute atomic E-state index is 0.0144. The minimum atomic E-state index is 0.0144. The number of aryl methyl sites for hydroxylation is 2. The number of hydrogen-bond acceptors (Lipinski definition) is 3. The van der Waals surface area contributed by atoms with Gasteiger partial charge in [0.25, 0.3) is 0 Å². The van der Waals surface area contributed by atoms with Gasteiger partial charge in [-0.2, -0.15) is 0 Å². The standard InChI is InChI=1S/C26H34N4O/c1-26(2,3)22-9-11-23(12-10-22)30-20-19-29(25(30)31)14-13-21-7-5-6-8-24(21)28-17-15-27(4)16-18-28/h5-12,19-20H,13-18H2,1-4H3. The summed E-state index contributed by atoms with van der Waals surface area (Å²) >= 11 is 0. The van der Waals surface area contributed by atoms with Crippen molar-refractivity contribution in [1.82, 2.24) is 14.0 Å². The second-order valence-corrected chi connectivity index (χ2v) is 9.61. The van der Waals surface area contributed by atoms with Crippen molar-refractivity contribution in [2.45, 2.75) is 39.2 Å². The molecule has 0 amide bonds. The molecule has 0 atom stereocenters. The monoisotopic (exact) mass is 418 g/mol. The Morgan fingerprint density at radius 3 is 2.23 bits per heavy atom. The molecule has 2 heterocycles. The lowest BCUT2D eigenvalue weighted by Crippen LogP contribution is -2.44. The Bertz CT molecular complexity index is 1060. The third kappa shape index (κ3) is 4.77. The third-order valence-corrected chi connectivity index (χ3v) is 6.32. The molecular formula is C26H34N4O. The first-order chi connectivity index (χ1) is 14.8. The first-order valence-corrected chi connectivity index (χ1v) is 11.2. The van der Waals surface area contributed by atoms with E-state index in [9.17, 15) is 4.79 Å². The van der Waals surface area contributed by atoms with Crippen LogP contribution >= 0.6 is 0 Å². The molecule has 3 aromatic rings. The van der Waals surface area contributed by atoms with Gasteiger partial charge in [0.1, 0.15) is 0 Å². The normalized spacial score (nSPS) is 15.4. The van der Waals surface area contributed by atoms with E-state index >= 15 is 0 Å². The van der Waals surface area contributed by atoms with E-state index in [0.29, 0.717) is 6.54 Å². The van der Waals surface area contributed by atoms with Crippen LogP contribution in [0.2, 0.25) is 0 Å². The molecule has 164 valence electrons. The van der Waals surface area contributed by atoms with E-state index < -0.39 is 0 Å². The molecule has 0 saturated carbocycles. The smallest absolute Gasteiger partial charge is 0.332 e. The first kappa shape index (κ1) is 21.4. The Labute approximate surface area is 185 Å². The summed E-state index contributed by atoms with van der Waals surface area (Å²) < 4.78 is 3.55. The van der Waals surface area contributed by atoms with Gasteiger partial charge in [0, 0.05) is 50.8 Å². The Morgan fingerprint density at radius 1 is 0.871 bits per heavy atom. The number of para-hydroxylation sites is 1. The van der Waals surface area contributed by atoms with Gasteiger partial charge in [-0.25, -0.2) is 4.79 Å². The van der Waals surface area contributed by atoms with E-state index in [-0.39, 0.29) is 11.1 Å². The summed E-state index contributed by atoms with van der Waals surface area (Å²) in [7, 11) is 2.18. The van der Waals surface area contributed by atoms with Gasteiger partial charge in [0.05, 0.1) is 5.69 Å². The Balaban J connectivity index is 1.49. The van der Waals surface area contributed by atoms with Crippen LogP contribution in [-0.2, 0) is 18.4 Å². The lowest BCUT2D eigenvalue weighted by Gasteiger charge is -2.35. The summed E-state index contributed by atoms with van der Waals surface area (Å²) in [5.74, 6) is 0. The van der Waals surface area contributed by atoms with Crippen molar-refractivity contribution < 1.29 is 0 Å². The van der Waals surface area contributed by atoms with Crippen LogP contribution in [0.25, 0.3) is 5.69 Å². The Kier molecular flexibility index (Phi) is 6.05. The number of benzene rings is 2. The van der Waals surface area contributed by atoms with Crippen LogP contribution in [-0.4, -0.2) is 47.3 Å². The molecule has 0 N–H and O–H groups in total. The van der Waals surface area contributed by atoms with Gasteiger partial charge < -0.3 is 9.80 Å². The summed E-state index contributed by atoms with van der Waals surface area (Å²) in [5, 5.41) is 0. The van der Waals surface area contributed by atoms with E-state index in [1.807, 2.05) is 29.1 Å². The fraction of sp³-hybridized carbons (Fsp3) is 0.423. The summed E-state index contributed by atoms with van der Waals surface area (Å²) in [4.78, 5) is 17.8. The number of aromatic nitrogens is 2. The van der Waals surface area contributed by atoms with Crippen molar-refractivity contribution in [2.24, 2.45) is 0 Å². The second-order valence-electron chi connectivity index (χ2n) is 9.61. The molecule has 31 heavy (non-hydrogen) atoms. The van der Waals surface area contributed by atoms with Crippen molar-refractivity contribution in [3.63, 3.8) is 0 Å². The van der Waals surface area contributed by atoms with Gasteiger partial charge in [0.15, 0.2) is 0 Å². The average molecular weight is 419 g/mol. The Hall–Kier alpha value is -2.79. The quantitative estimate of drug-likeness (QED) is 0.630. The molecule has 0 bridgehead atoms. The predicted molar refractivity (Wildman–Crippen MR) is 129 cm³/mol. The van der Waals surface area contributed by atoms with E-state index in [1.54, 1.807) is 4.57 Å². The predicted octanol–water partition coefficient (Wildman–Crippen LogP) is 3.93. The van der Waals surface area contributed by atoms with Crippen molar-refractivity contribution in [3.8, 4) is 5.69 Å². The summed E-state index contributed by atoms with van der Waals surface area (Å²) in [6.45, 7) is 11.6. The SMILES string of the molecule is CN1CCN(c2ccccc2CCn2ccn(-c3ccc(C(C)(C)C)cc3)c2=O)CC1. The van der Waals surface area contributed by atoms with Crippen LogP contribution in [0.3, 0.4) is 0 Å². The lowest BCUT2D eigenvalue weighted by atomic mass is 9.87. The van der Waals surface area contributed by atoms with Crippen molar-refractivity contribution in [2.75, 3.05) is 38.1 Å². The van der Waals surface area contributed by atoms with Crippen LogP contribution in [0.5, 0.6) is 0 Å². The molecule has 1 aliphatic heterocycles. The van der Waals surface area contributed by atoms with E-state index in [4.69, 9.17) is 0 Å². The number of nitrogens with zero attached hydrogens (tertiary/aromatic N) is 4. The molecule has 1 aliphatic rings. The number of piperazine rings is 1. The minimum Gasteiger partial charge on any atom is -0.369 e. The van der Waals surface area contributed by atoms with E-state index in [2.05, 4.69) is 74.0 Å². The lowest BCUT2D eigenvalue weighted by molar-refractivity contribution is 0.312. The van der Waals surface area contributed by atoms with Gasteiger partial charge in [0.2, 0.25) is 0 Å². The number of imidazole rings is 1. The van der Waals surface area contributed by atoms with Crippen molar-refractivity contribution in [3.05, 3.63) is 82.5 Å². The average Bonchev–Trinajstić information content (AvgIpc) is 3.13. The number of anilines is 1. The molecule has 1 saturated heterocycles. The van der Waals surface area contributed by atoms with Crippen molar-refractivity contribution in [1.29, 1.82) is 0 Å². The van der Waals surface area contributed by atoms with Crippen molar-refractivity contribution >= 4 is 5.69 Å². The van der Waals surface area contributed by atoms with Crippen LogP contribution in [0.15, 0.2) is 65.7 Å². The molecule has 0 radical (unpaired) electrons. The molecule has 0 aliphatic carbocycles. The molecule has 5 heteroatoms. The number of hydrogen-bond donors (Lipinski definition) is 0. The molecule has 4 rings (SSSR count). The maximum absolute atomic E-state index is 13.0. The summed E-state index contributed by atoms with van der Waals surface area (Å²) in [6.07, 6.45) is 4.62. The highest BCUT2D eigenvalue weighted by molar-refractivity contribution is 5.54. The Morgan fingerprint density at radius 2 is 1.55 bits per heavy atom. The number of rotatable bonds is 5. The van der Waals surface area contributed by atoms with E-state index in [0.717, 1.165) is 38.3 Å². The zero-order valence-corrected chi connectivity index (χ0v) is 19.2. The fourth-order valence-corrected chi connectivity index (χ4v) is 4.22. The van der Waals surface area contributed by atoms with Crippen LogP contribution in [0.4, 0.5) is 5.69 Å². The largest absolute Gasteiger partial charge is 0.369 e. The van der Waals surface area contributed by atoms with E-state index in [1.165, 1.54) is 16.8 Å². The van der Waals surface area contributed by atoms with Gasteiger partial charge in [-0.1, -0.05) is 51.1 Å². The highest BCUT2D eigenvalue weighted by atomic mass is 16.1. The van der Waals surface area contributed by atoms with Gasteiger partial charge in [-0.3, -0.25) is 9.13 Å². The van der Waals surface area contributed by atoms with Gasteiger partial charge in [-0.05, 0) is 48.2 Å². The molecule has 0 unspecified atom stereocenters. The maximum atomic E-state index is 13.0. The molecule has 2 aromatic carbocycles. The topological polar surface area (TPSA) is 33.4 Å². The van der Waals surface area contributed by atoms with Crippen LogP contribution in [0.1, 0.15) is 31.9 Å². The second kappa shape index (κ2) is 8.75. The summed E-state index contributed by atoms with van der Waals surface area (Å²) in [6, 6.07) is 16.9. The fourth-order valence-electron chi connectivity index (χ4n) is 4.22. The first-order valence-electron chi connectivity index (χ1n) is 11.2. The summed E-state index contributed by atoms with van der Waals surface area (Å²) in [5.41, 5.74) is 4.91. The highest BCUT2D eigenvalue weighted by Gasteiger charge is 2.17.